The molecule has 0 aliphatic carbocycles. The molecular formula is C23H28N4O. The molecule has 2 N–H and O–H groups in total. The van der Waals surface area contributed by atoms with Crippen LogP contribution in [0.4, 0.5) is 17.1 Å². The number of carbonyl (C=O) groups excluding carboxylic acids is 1. The highest BCUT2D eigenvalue weighted by Crippen LogP contribution is 2.31. The number of carbonyl (C=O) groups is 1. The minimum atomic E-state index is -0.0636. The van der Waals surface area contributed by atoms with Crippen LogP contribution in [-0.4, -0.2) is 43.5 Å². The van der Waals surface area contributed by atoms with Crippen LogP contribution in [0, 0.1) is 0 Å². The lowest BCUT2D eigenvalue weighted by atomic mass is 10.1. The fraction of sp³-hybridized carbons (Fsp3) is 0.348. The molecule has 4 rings (SSSR count). The third-order valence-electron chi connectivity index (χ3n) is 5.53. The van der Waals surface area contributed by atoms with Crippen LogP contribution in [0.5, 0.6) is 0 Å². The van der Waals surface area contributed by atoms with E-state index < -0.39 is 0 Å². The van der Waals surface area contributed by atoms with Crippen molar-refractivity contribution in [3.05, 3.63) is 60.3 Å². The molecule has 0 bridgehead atoms. The molecule has 2 heterocycles. The van der Waals surface area contributed by atoms with E-state index in [1.807, 2.05) is 24.3 Å². The Bertz CT molecular complexity index is 851. The van der Waals surface area contributed by atoms with Crippen molar-refractivity contribution in [2.75, 3.05) is 48.3 Å². The Morgan fingerprint density at radius 2 is 1.79 bits per heavy atom. The number of unbranched alkanes of at least 4 members (excludes halogenated alkanes) is 1. The van der Waals surface area contributed by atoms with Crippen LogP contribution >= 0.6 is 0 Å². The maximum Gasteiger partial charge on any atom is 0.257 e. The van der Waals surface area contributed by atoms with Gasteiger partial charge in [-0.1, -0.05) is 31.5 Å². The van der Waals surface area contributed by atoms with E-state index >= 15 is 0 Å². The van der Waals surface area contributed by atoms with Crippen molar-refractivity contribution in [3.63, 3.8) is 0 Å². The number of anilines is 3. The first-order valence-electron chi connectivity index (χ1n) is 10.2. The molecule has 0 aromatic heterocycles. The van der Waals surface area contributed by atoms with Crippen LogP contribution in [0.1, 0.15) is 25.3 Å². The highest BCUT2D eigenvalue weighted by Gasteiger charge is 2.23. The Kier molecular flexibility index (Phi) is 5.63. The van der Waals surface area contributed by atoms with Crippen LogP contribution < -0.4 is 15.5 Å². The molecule has 5 nitrogen and oxygen atoms in total. The highest BCUT2D eigenvalue weighted by molar-refractivity contribution is 6.31. The van der Waals surface area contributed by atoms with Crippen molar-refractivity contribution in [2.24, 2.45) is 0 Å². The summed E-state index contributed by atoms with van der Waals surface area (Å²) in [7, 11) is 0. The van der Waals surface area contributed by atoms with Crippen LogP contribution in [0.3, 0.4) is 0 Å². The predicted octanol–water partition coefficient (Wildman–Crippen LogP) is 4.01. The number of piperazine rings is 1. The van der Waals surface area contributed by atoms with Gasteiger partial charge < -0.3 is 15.5 Å². The molecule has 2 aliphatic heterocycles. The van der Waals surface area contributed by atoms with Gasteiger partial charge in [0.05, 0.1) is 5.57 Å². The minimum absolute atomic E-state index is 0.0636. The van der Waals surface area contributed by atoms with E-state index in [-0.39, 0.29) is 5.91 Å². The molecule has 1 fully saturated rings. The normalized spacial score (nSPS) is 18.2. The molecule has 1 amide bonds. The Hall–Kier alpha value is -2.79. The standard InChI is InChI=1S/C23H28N4O/c1-2-3-12-26-13-15-27(16-14-26)19-10-8-18(9-11-19)24-17-21-20-6-4-5-7-22(20)25-23(21)28/h4-11,17,24H,2-3,12-16H2,1H3,(H,25,28). The number of nitrogens with zero attached hydrogens (tertiary/aromatic N) is 2. The molecule has 0 radical (unpaired) electrons. The van der Waals surface area contributed by atoms with E-state index in [1.54, 1.807) is 6.20 Å². The van der Waals surface area contributed by atoms with Gasteiger partial charge >= 0.3 is 0 Å². The van der Waals surface area contributed by atoms with Gasteiger partial charge in [-0.25, -0.2) is 0 Å². The first-order valence-corrected chi connectivity index (χ1v) is 10.2. The topological polar surface area (TPSA) is 47.6 Å². The minimum Gasteiger partial charge on any atom is -0.369 e. The Morgan fingerprint density at radius 3 is 2.54 bits per heavy atom. The maximum absolute atomic E-state index is 12.2. The Morgan fingerprint density at radius 1 is 1.04 bits per heavy atom. The number of amides is 1. The van der Waals surface area contributed by atoms with Gasteiger partial charge in [-0.3, -0.25) is 9.69 Å². The molecule has 0 saturated carbocycles. The summed E-state index contributed by atoms with van der Waals surface area (Å²) in [5, 5.41) is 6.16. The van der Waals surface area contributed by atoms with E-state index in [1.165, 1.54) is 25.1 Å². The summed E-state index contributed by atoms with van der Waals surface area (Å²) < 4.78 is 0. The fourth-order valence-electron chi connectivity index (χ4n) is 3.82. The van der Waals surface area contributed by atoms with Gasteiger partial charge in [-0.15, -0.1) is 0 Å². The van der Waals surface area contributed by atoms with Crippen molar-refractivity contribution >= 4 is 28.5 Å². The largest absolute Gasteiger partial charge is 0.369 e. The third-order valence-corrected chi connectivity index (χ3v) is 5.53. The smallest absolute Gasteiger partial charge is 0.257 e. The van der Waals surface area contributed by atoms with Gasteiger partial charge in [-0.05, 0) is 43.3 Å². The number of rotatable bonds is 6. The van der Waals surface area contributed by atoms with Gasteiger partial charge in [-0.2, -0.15) is 0 Å². The van der Waals surface area contributed by atoms with Crippen molar-refractivity contribution in [2.45, 2.75) is 19.8 Å². The molecule has 2 aromatic carbocycles. The summed E-state index contributed by atoms with van der Waals surface area (Å²) in [5.41, 5.74) is 4.72. The first-order chi connectivity index (χ1) is 13.7. The number of nitrogens with one attached hydrogen (secondary N) is 2. The predicted molar refractivity (Wildman–Crippen MR) is 117 cm³/mol. The second-order valence-electron chi connectivity index (χ2n) is 7.43. The fourth-order valence-corrected chi connectivity index (χ4v) is 3.82. The third kappa shape index (κ3) is 4.04. The monoisotopic (exact) mass is 376 g/mol. The lowest BCUT2D eigenvalue weighted by molar-refractivity contribution is -0.110. The van der Waals surface area contributed by atoms with Crippen molar-refractivity contribution in [1.29, 1.82) is 0 Å². The summed E-state index contributed by atoms with van der Waals surface area (Å²) in [5.74, 6) is -0.0636. The molecule has 0 unspecified atom stereocenters. The number of hydrogen-bond donors (Lipinski definition) is 2. The molecule has 5 heteroatoms. The Labute approximate surface area is 167 Å². The zero-order chi connectivity index (χ0) is 19.3. The van der Waals surface area contributed by atoms with Crippen molar-refractivity contribution < 1.29 is 4.79 Å². The van der Waals surface area contributed by atoms with Gasteiger partial charge in [0.1, 0.15) is 0 Å². The van der Waals surface area contributed by atoms with E-state index in [4.69, 9.17) is 0 Å². The van der Waals surface area contributed by atoms with Gasteiger partial charge in [0.15, 0.2) is 0 Å². The molecule has 1 saturated heterocycles. The van der Waals surface area contributed by atoms with Crippen LogP contribution in [-0.2, 0) is 4.79 Å². The summed E-state index contributed by atoms with van der Waals surface area (Å²) in [6, 6.07) is 16.2. The zero-order valence-electron chi connectivity index (χ0n) is 16.4. The SMILES string of the molecule is CCCCN1CCN(c2ccc(NC=C3C(=O)Nc4ccccc43)cc2)CC1. The van der Waals surface area contributed by atoms with E-state index in [0.29, 0.717) is 5.57 Å². The van der Waals surface area contributed by atoms with Gasteiger partial charge in [0.25, 0.3) is 5.91 Å². The lowest BCUT2D eigenvalue weighted by Gasteiger charge is -2.36. The number of para-hydroxylation sites is 1. The summed E-state index contributed by atoms with van der Waals surface area (Å²) in [4.78, 5) is 17.2. The summed E-state index contributed by atoms with van der Waals surface area (Å²) >= 11 is 0. The average Bonchev–Trinajstić information content (AvgIpc) is 3.06. The second-order valence-corrected chi connectivity index (χ2v) is 7.43. The summed E-state index contributed by atoms with van der Waals surface area (Å²) in [6.07, 6.45) is 4.35. The van der Waals surface area contributed by atoms with Crippen LogP contribution in [0.15, 0.2) is 54.7 Å². The maximum atomic E-state index is 12.2. The van der Waals surface area contributed by atoms with Gasteiger partial charge in [0.2, 0.25) is 0 Å². The van der Waals surface area contributed by atoms with Crippen molar-refractivity contribution in [3.8, 4) is 0 Å². The number of benzene rings is 2. The Balaban J connectivity index is 1.36. The van der Waals surface area contributed by atoms with Crippen LogP contribution in [0.2, 0.25) is 0 Å². The molecule has 146 valence electrons. The first kappa shape index (κ1) is 18.6. The summed E-state index contributed by atoms with van der Waals surface area (Å²) in [6.45, 7) is 7.91. The van der Waals surface area contributed by atoms with E-state index in [0.717, 1.165) is 43.1 Å². The number of hydrogen-bond acceptors (Lipinski definition) is 4. The average molecular weight is 377 g/mol. The molecule has 0 spiro atoms. The molecular weight excluding hydrogens is 348 g/mol. The number of fused-ring (bicyclic) bond motifs is 1. The van der Waals surface area contributed by atoms with E-state index in [9.17, 15) is 4.79 Å². The molecule has 2 aliphatic rings. The zero-order valence-corrected chi connectivity index (χ0v) is 16.4. The quantitative estimate of drug-likeness (QED) is 0.748. The molecule has 2 aromatic rings. The van der Waals surface area contributed by atoms with Crippen LogP contribution in [0.25, 0.3) is 5.57 Å². The van der Waals surface area contributed by atoms with Crippen molar-refractivity contribution in [1.82, 2.24) is 4.90 Å². The van der Waals surface area contributed by atoms with E-state index in [2.05, 4.69) is 51.6 Å². The molecule has 28 heavy (non-hydrogen) atoms. The lowest BCUT2D eigenvalue weighted by Crippen LogP contribution is -2.46. The highest BCUT2D eigenvalue weighted by atomic mass is 16.2. The molecule has 0 atom stereocenters. The van der Waals surface area contributed by atoms with Gasteiger partial charge in [0, 0.05) is 55.0 Å². The second kappa shape index (κ2) is 8.48.